The van der Waals surface area contributed by atoms with E-state index in [1.165, 1.54) is 42.8 Å². The third kappa shape index (κ3) is 6.12. The summed E-state index contributed by atoms with van der Waals surface area (Å²) in [5.41, 5.74) is 0.354. The molecule has 9 nitrogen and oxygen atoms in total. The number of nitrogens with zero attached hydrogens (tertiary/aromatic N) is 1. The van der Waals surface area contributed by atoms with E-state index in [1.807, 2.05) is 4.72 Å². The molecule has 0 aliphatic heterocycles. The summed E-state index contributed by atoms with van der Waals surface area (Å²) in [5.74, 6) is -0.856. The normalized spacial score (nSPS) is 11.5. The number of sulfonamides is 1. The summed E-state index contributed by atoms with van der Waals surface area (Å²) in [6.45, 7) is 2.96. The molecule has 0 fully saturated rings. The van der Waals surface area contributed by atoms with Crippen LogP contribution in [-0.2, 0) is 10.0 Å². The zero-order valence-electron chi connectivity index (χ0n) is 19.9. The summed E-state index contributed by atoms with van der Waals surface area (Å²) in [6.07, 6.45) is 4.51. The van der Waals surface area contributed by atoms with Gasteiger partial charge in [0, 0.05) is 17.8 Å². The van der Waals surface area contributed by atoms with Gasteiger partial charge < -0.3 is 10.3 Å². The van der Waals surface area contributed by atoms with Crippen LogP contribution in [0.15, 0.2) is 68.4 Å². The van der Waals surface area contributed by atoms with Crippen molar-refractivity contribution in [3.8, 4) is 5.69 Å². The van der Waals surface area contributed by atoms with Crippen molar-refractivity contribution in [1.82, 2.24) is 14.3 Å². The Morgan fingerprint density at radius 1 is 1.03 bits per heavy atom. The number of carbonyl (C=O) groups is 1. The van der Waals surface area contributed by atoms with Gasteiger partial charge in [-0.25, -0.2) is 22.5 Å². The van der Waals surface area contributed by atoms with Gasteiger partial charge >= 0.3 is 5.69 Å². The first kappa shape index (κ1) is 26.6. The molecular weight excluding hydrogens is 536 g/mol. The molecule has 0 spiro atoms. The number of fused-ring (bicyclic) bond motifs is 1. The molecule has 2 heterocycles. The molecule has 0 saturated heterocycles. The lowest BCUT2D eigenvalue weighted by Gasteiger charge is -2.10. The molecular formula is C25H25ClN4O5S2. The van der Waals surface area contributed by atoms with E-state index in [0.29, 0.717) is 10.9 Å². The lowest BCUT2D eigenvalue weighted by atomic mass is 10.2. The summed E-state index contributed by atoms with van der Waals surface area (Å²) >= 11 is 6.61. The number of hydrogen-bond acceptors (Lipinski definition) is 7. The fraction of sp³-hybridized carbons (Fsp3) is 0.240. The second-order valence-electron chi connectivity index (χ2n) is 8.36. The molecule has 0 radical (unpaired) electrons. The van der Waals surface area contributed by atoms with Gasteiger partial charge in [0.05, 0.1) is 20.9 Å². The Morgan fingerprint density at radius 3 is 2.46 bits per heavy atom. The number of carbonyl (C=O) groups excluding carboxylic acids is 1. The molecule has 12 heteroatoms. The molecule has 1 amide bonds. The zero-order chi connectivity index (χ0) is 26.6. The second-order valence-corrected chi connectivity index (χ2v) is 12.0. The van der Waals surface area contributed by atoms with Crippen molar-refractivity contribution in [3.63, 3.8) is 0 Å². The maximum Gasteiger partial charge on any atom is 0.333 e. The topological polar surface area (TPSA) is 130 Å². The molecule has 3 N–H and O–H groups in total. The van der Waals surface area contributed by atoms with E-state index < -0.39 is 27.2 Å². The van der Waals surface area contributed by atoms with Crippen LogP contribution in [0.25, 0.3) is 16.6 Å². The number of benzene rings is 2. The molecule has 0 bridgehead atoms. The van der Waals surface area contributed by atoms with Crippen LogP contribution in [0.1, 0.15) is 43.0 Å². The van der Waals surface area contributed by atoms with E-state index in [1.54, 1.807) is 18.2 Å². The Hall–Kier alpha value is -3.41. The van der Waals surface area contributed by atoms with E-state index >= 15 is 0 Å². The van der Waals surface area contributed by atoms with Crippen LogP contribution in [0.2, 0.25) is 4.34 Å². The first-order valence-electron chi connectivity index (χ1n) is 11.7. The highest BCUT2D eigenvalue weighted by Gasteiger charge is 2.21. The van der Waals surface area contributed by atoms with Crippen LogP contribution in [0, 0.1) is 0 Å². The monoisotopic (exact) mass is 560 g/mol. The second kappa shape index (κ2) is 11.3. The predicted octanol–water partition coefficient (Wildman–Crippen LogP) is 4.50. The van der Waals surface area contributed by atoms with Crippen LogP contribution >= 0.6 is 22.9 Å². The summed E-state index contributed by atoms with van der Waals surface area (Å²) < 4.78 is 27.9. The van der Waals surface area contributed by atoms with E-state index in [9.17, 15) is 22.8 Å². The fourth-order valence-electron chi connectivity index (χ4n) is 3.78. The highest BCUT2D eigenvalue weighted by atomic mass is 35.5. The molecule has 0 aliphatic carbocycles. The summed E-state index contributed by atoms with van der Waals surface area (Å²) in [4.78, 5) is 41.1. The average Bonchev–Trinajstić information content (AvgIpc) is 3.31. The Kier molecular flexibility index (Phi) is 8.16. The SMILES string of the molecule is CCCCCCNc1ccc2c(=O)n(-c3ccc(C(=O)NS(=O)(=O)c4ccc(Cl)s4)cc3)c(=O)[nH]c2c1. The minimum absolute atomic E-state index is 0.0369. The lowest BCUT2D eigenvalue weighted by Crippen LogP contribution is -2.33. The van der Waals surface area contributed by atoms with Gasteiger partial charge in [0.15, 0.2) is 0 Å². The standard InChI is InChI=1S/C25H25ClN4O5S2/c1-2-3-4-5-14-27-17-8-11-19-20(15-17)28-25(33)30(24(19)32)18-9-6-16(7-10-18)23(31)29-37(34,35)22-13-12-21(26)36-22/h6-13,15,27H,2-5,14H2,1H3,(H,28,33)(H,29,31). The number of amides is 1. The molecule has 2 aromatic carbocycles. The number of halogens is 1. The van der Waals surface area contributed by atoms with Gasteiger partial charge in [0.25, 0.3) is 21.5 Å². The van der Waals surface area contributed by atoms with Crippen LogP contribution in [0.5, 0.6) is 0 Å². The van der Waals surface area contributed by atoms with Gasteiger partial charge in [-0.15, -0.1) is 11.3 Å². The van der Waals surface area contributed by atoms with Gasteiger partial charge in [-0.3, -0.25) is 9.59 Å². The number of rotatable bonds is 10. The first-order valence-corrected chi connectivity index (χ1v) is 14.3. The number of thiophene rings is 1. The molecule has 2 aromatic heterocycles. The highest BCUT2D eigenvalue weighted by molar-refractivity contribution is 7.92. The van der Waals surface area contributed by atoms with Crippen molar-refractivity contribution >= 4 is 55.5 Å². The van der Waals surface area contributed by atoms with E-state index in [2.05, 4.69) is 17.2 Å². The van der Waals surface area contributed by atoms with Crippen molar-refractivity contribution in [2.75, 3.05) is 11.9 Å². The van der Waals surface area contributed by atoms with Crippen LogP contribution in [0.3, 0.4) is 0 Å². The van der Waals surface area contributed by atoms with Gasteiger partial charge in [-0.05, 0) is 61.0 Å². The highest BCUT2D eigenvalue weighted by Crippen LogP contribution is 2.25. The molecule has 0 aliphatic rings. The van der Waals surface area contributed by atoms with Crippen molar-refractivity contribution < 1.29 is 13.2 Å². The Bertz CT molecular complexity index is 1660. The van der Waals surface area contributed by atoms with Gasteiger partial charge in [0.1, 0.15) is 4.21 Å². The number of aromatic amines is 1. The quantitative estimate of drug-likeness (QED) is 0.245. The van der Waals surface area contributed by atoms with Gasteiger partial charge in [0.2, 0.25) is 0 Å². The average molecular weight is 561 g/mol. The van der Waals surface area contributed by atoms with E-state index in [4.69, 9.17) is 11.6 Å². The Balaban J connectivity index is 1.54. The number of unbranched alkanes of at least 4 members (excludes halogenated alkanes) is 3. The third-order valence-electron chi connectivity index (χ3n) is 5.69. The number of anilines is 1. The number of nitrogens with one attached hydrogen (secondary N) is 3. The Morgan fingerprint density at radius 2 is 1.78 bits per heavy atom. The summed E-state index contributed by atoms with van der Waals surface area (Å²) in [5, 5.41) is 3.64. The van der Waals surface area contributed by atoms with E-state index in [-0.39, 0.29) is 19.8 Å². The number of aromatic nitrogens is 2. The minimum atomic E-state index is -4.08. The summed E-state index contributed by atoms with van der Waals surface area (Å²) in [6, 6.07) is 13.4. The molecule has 0 atom stereocenters. The van der Waals surface area contributed by atoms with Crippen molar-refractivity contribution in [2.45, 2.75) is 36.8 Å². The summed E-state index contributed by atoms with van der Waals surface area (Å²) in [7, 11) is -4.08. The fourth-order valence-corrected chi connectivity index (χ4v) is 6.24. The van der Waals surface area contributed by atoms with Crippen molar-refractivity contribution in [2.24, 2.45) is 0 Å². The number of H-pyrrole nitrogens is 1. The molecule has 4 rings (SSSR count). The van der Waals surface area contributed by atoms with Gasteiger partial charge in [-0.1, -0.05) is 37.8 Å². The van der Waals surface area contributed by atoms with Crippen LogP contribution < -0.4 is 21.3 Å². The van der Waals surface area contributed by atoms with Crippen LogP contribution in [0.4, 0.5) is 5.69 Å². The molecule has 0 unspecified atom stereocenters. The lowest BCUT2D eigenvalue weighted by molar-refractivity contribution is 0.0981. The molecule has 4 aromatic rings. The van der Waals surface area contributed by atoms with Crippen molar-refractivity contribution in [1.29, 1.82) is 0 Å². The molecule has 0 saturated carbocycles. The largest absolute Gasteiger partial charge is 0.385 e. The van der Waals surface area contributed by atoms with Crippen LogP contribution in [-0.4, -0.2) is 30.4 Å². The predicted molar refractivity (Wildman–Crippen MR) is 147 cm³/mol. The first-order chi connectivity index (χ1) is 17.7. The smallest absolute Gasteiger partial charge is 0.333 e. The van der Waals surface area contributed by atoms with Crippen molar-refractivity contribution in [3.05, 3.63) is 85.3 Å². The number of hydrogen-bond donors (Lipinski definition) is 3. The Labute approximate surface area is 222 Å². The maximum absolute atomic E-state index is 13.1. The maximum atomic E-state index is 13.1. The molecule has 37 heavy (non-hydrogen) atoms. The van der Waals surface area contributed by atoms with E-state index in [0.717, 1.165) is 47.4 Å². The third-order valence-corrected chi connectivity index (χ3v) is 8.74. The molecule has 194 valence electrons. The minimum Gasteiger partial charge on any atom is -0.385 e. The zero-order valence-corrected chi connectivity index (χ0v) is 22.3. The van der Waals surface area contributed by atoms with Gasteiger partial charge in [-0.2, -0.15) is 0 Å².